The molecule has 1 heterocycles. The second-order valence-corrected chi connectivity index (χ2v) is 9.40. The molecule has 3 rings (SSSR count). The minimum Gasteiger partial charge on any atom is -0.492 e. The first-order chi connectivity index (χ1) is 17.6. The third kappa shape index (κ3) is 8.65. The lowest BCUT2D eigenvalue weighted by atomic mass is 10.0. The Balaban J connectivity index is 1.49. The van der Waals surface area contributed by atoms with E-state index in [1.54, 1.807) is 30.3 Å². The van der Waals surface area contributed by atoms with Crippen LogP contribution in [0.25, 0.3) is 0 Å². The van der Waals surface area contributed by atoms with E-state index in [0.29, 0.717) is 48.4 Å². The summed E-state index contributed by atoms with van der Waals surface area (Å²) >= 11 is 0. The largest absolute Gasteiger partial charge is 0.492 e. The van der Waals surface area contributed by atoms with Gasteiger partial charge in [0, 0.05) is 17.5 Å². The smallest absolute Gasteiger partial charge is 0.343 e. The first kappa shape index (κ1) is 27.7. The van der Waals surface area contributed by atoms with Gasteiger partial charge in [-0.1, -0.05) is 70.9 Å². The minimum absolute atomic E-state index is 0.309. The van der Waals surface area contributed by atoms with Gasteiger partial charge in [-0.25, -0.2) is 4.79 Å². The van der Waals surface area contributed by atoms with Gasteiger partial charge in [-0.3, -0.25) is 0 Å². The molecule has 0 aliphatic carbocycles. The Labute approximate surface area is 215 Å². The van der Waals surface area contributed by atoms with Crippen molar-refractivity contribution in [1.82, 2.24) is 0 Å². The van der Waals surface area contributed by atoms with Crippen LogP contribution in [0.1, 0.15) is 99.4 Å². The van der Waals surface area contributed by atoms with Crippen molar-refractivity contribution in [3.63, 3.8) is 0 Å². The second kappa shape index (κ2) is 15.3. The molecule has 0 N–H and O–H groups in total. The fourth-order valence-electron chi connectivity index (χ4n) is 4.20. The monoisotopic (exact) mass is 493 g/mol. The zero-order valence-electron chi connectivity index (χ0n) is 21.7. The Bertz CT molecular complexity index is 974. The second-order valence-electron chi connectivity index (χ2n) is 9.40. The summed E-state index contributed by atoms with van der Waals surface area (Å²) in [7, 11) is 0. The van der Waals surface area contributed by atoms with Crippen molar-refractivity contribution in [2.75, 3.05) is 19.8 Å². The summed E-state index contributed by atoms with van der Waals surface area (Å²) in [5.74, 6) is 0.778. The summed E-state index contributed by atoms with van der Waals surface area (Å²) in [4.78, 5) is 12.7. The predicted octanol–water partition coefficient (Wildman–Crippen LogP) is 7.37. The van der Waals surface area contributed by atoms with Gasteiger partial charge in [-0.2, -0.15) is 5.26 Å². The summed E-state index contributed by atoms with van der Waals surface area (Å²) in [6, 6.07) is 14.1. The SMILES string of the molecule is CCCCCCCOc1ccc(OC(=O)c2ccc(C3OCC(CCCCC)CO3)cc2)cc1C#N. The molecule has 1 fully saturated rings. The number of carbonyl (C=O) groups excluding carboxylic acids is 1. The van der Waals surface area contributed by atoms with Crippen molar-refractivity contribution < 1.29 is 23.7 Å². The van der Waals surface area contributed by atoms with Gasteiger partial charge in [0.25, 0.3) is 0 Å². The highest BCUT2D eigenvalue weighted by Crippen LogP contribution is 2.28. The molecular weight excluding hydrogens is 454 g/mol. The first-order valence-corrected chi connectivity index (χ1v) is 13.4. The van der Waals surface area contributed by atoms with Gasteiger partial charge in [-0.15, -0.1) is 0 Å². The van der Waals surface area contributed by atoms with Crippen LogP contribution in [0.5, 0.6) is 11.5 Å². The standard InChI is InChI=1S/C30H39NO5/c1-3-5-7-8-10-18-33-28-17-16-27(19-26(28)20-31)36-29(32)24-12-14-25(15-13-24)30-34-21-23(22-35-30)11-9-6-4-2/h12-17,19,23,30H,3-11,18,21-22H2,1-2H3. The molecule has 0 atom stereocenters. The van der Waals surface area contributed by atoms with Crippen LogP contribution in [0.2, 0.25) is 0 Å². The molecule has 0 unspecified atom stereocenters. The molecule has 0 aromatic heterocycles. The van der Waals surface area contributed by atoms with Gasteiger partial charge in [0.15, 0.2) is 6.29 Å². The number of carbonyl (C=O) groups is 1. The molecule has 36 heavy (non-hydrogen) atoms. The molecule has 2 aromatic carbocycles. The number of benzene rings is 2. The molecule has 0 saturated carbocycles. The van der Waals surface area contributed by atoms with Gasteiger partial charge in [0.1, 0.15) is 17.6 Å². The summed E-state index contributed by atoms with van der Waals surface area (Å²) < 4.78 is 23.1. The highest BCUT2D eigenvalue weighted by Gasteiger charge is 2.23. The van der Waals surface area contributed by atoms with E-state index in [0.717, 1.165) is 24.8 Å². The fraction of sp³-hybridized carbons (Fsp3) is 0.533. The van der Waals surface area contributed by atoms with Gasteiger partial charge in [0.2, 0.25) is 0 Å². The van der Waals surface area contributed by atoms with E-state index in [1.165, 1.54) is 38.5 Å². The predicted molar refractivity (Wildman–Crippen MR) is 139 cm³/mol. The van der Waals surface area contributed by atoms with Gasteiger partial charge in [-0.05, 0) is 37.1 Å². The van der Waals surface area contributed by atoms with Crippen molar-refractivity contribution in [3.05, 3.63) is 59.2 Å². The maximum Gasteiger partial charge on any atom is 0.343 e. The third-order valence-electron chi connectivity index (χ3n) is 6.39. The summed E-state index contributed by atoms with van der Waals surface area (Å²) in [5.41, 5.74) is 1.64. The summed E-state index contributed by atoms with van der Waals surface area (Å²) in [6.07, 6.45) is 10.1. The van der Waals surface area contributed by atoms with Crippen LogP contribution < -0.4 is 9.47 Å². The molecule has 0 bridgehead atoms. The highest BCUT2D eigenvalue weighted by molar-refractivity contribution is 5.91. The van der Waals surface area contributed by atoms with Crippen molar-refractivity contribution in [3.8, 4) is 17.6 Å². The van der Waals surface area contributed by atoms with Crippen LogP contribution in [0, 0.1) is 17.2 Å². The number of esters is 1. The molecule has 6 heteroatoms. The average Bonchev–Trinajstić information content (AvgIpc) is 2.92. The lowest BCUT2D eigenvalue weighted by Crippen LogP contribution is -2.27. The number of rotatable bonds is 14. The Hall–Kier alpha value is -2.88. The number of nitriles is 1. The van der Waals surface area contributed by atoms with Crippen LogP contribution in [-0.4, -0.2) is 25.8 Å². The van der Waals surface area contributed by atoms with Crippen LogP contribution >= 0.6 is 0 Å². The van der Waals surface area contributed by atoms with Crippen LogP contribution in [0.3, 0.4) is 0 Å². The molecule has 0 spiro atoms. The van der Waals surface area contributed by atoms with E-state index in [4.69, 9.17) is 18.9 Å². The van der Waals surface area contributed by atoms with E-state index >= 15 is 0 Å². The number of nitrogens with zero attached hydrogens (tertiary/aromatic N) is 1. The molecule has 0 amide bonds. The minimum atomic E-state index is -0.489. The zero-order chi connectivity index (χ0) is 25.6. The molecule has 0 radical (unpaired) electrons. The van der Waals surface area contributed by atoms with E-state index in [2.05, 4.69) is 19.9 Å². The number of hydrogen-bond donors (Lipinski definition) is 0. The van der Waals surface area contributed by atoms with E-state index in [-0.39, 0.29) is 0 Å². The lowest BCUT2D eigenvalue weighted by molar-refractivity contribution is -0.206. The Morgan fingerprint density at radius 2 is 1.64 bits per heavy atom. The number of hydrogen-bond acceptors (Lipinski definition) is 6. The van der Waals surface area contributed by atoms with Crippen molar-refractivity contribution >= 4 is 5.97 Å². The fourth-order valence-corrected chi connectivity index (χ4v) is 4.20. The molecule has 6 nitrogen and oxygen atoms in total. The number of ether oxygens (including phenoxy) is 4. The van der Waals surface area contributed by atoms with Crippen LogP contribution in [0.4, 0.5) is 0 Å². The summed E-state index contributed by atoms with van der Waals surface area (Å²) in [6.45, 7) is 6.34. The Kier molecular flexibility index (Phi) is 11.8. The molecule has 1 saturated heterocycles. The molecular formula is C30H39NO5. The quantitative estimate of drug-likeness (QED) is 0.155. The third-order valence-corrected chi connectivity index (χ3v) is 6.39. The first-order valence-electron chi connectivity index (χ1n) is 13.4. The lowest BCUT2D eigenvalue weighted by Gasteiger charge is -2.29. The van der Waals surface area contributed by atoms with E-state index < -0.39 is 12.3 Å². The molecule has 2 aromatic rings. The van der Waals surface area contributed by atoms with E-state index in [9.17, 15) is 10.1 Å². The average molecular weight is 494 g/mol. The van der Waals surface area contributed by atoms with Crippen molar-refractivity contribution in [2.45, 2.75) is 77.9 Å². The topological polar surface area (TPSA) is 77.8 Å². The summed E-state index contributed by atoms with van der Waals surface area (Å²) in [5, 5.41) is 9.50. The van der Waals surface area contributed by atoms with Gasteiger partial charge < -0.3 is 18.9 Å². The molecule has 1 aliphatic rings. The molecule has 194 valence electrons. The zero-order valence-corrected chi connectivity index (χ0v) is 21.7. The van der Waals surface area contributed by atoms with Gasteiger partial charge in [0.05, 0.1) is 30.9 Å². The Morgan fingerprint density at radius 3 is 2.33 bits per heavy atom. The van der Waals surface area contributed by atoms with Crippen molar-refractivity contribution in [1.29, 1.82) is 5.26 Å². The Morgan fingerprint density at radius 1 is 0.944 bits per heavy atom. The molecule has 1 aliphatic heterocycles. The van der Waals surface area contributed by atoms with Gasteiger partial charge >= 0.3 is 5.97 Å². The van der Waals surface area contributed by atoms with E-state index in [1.807, 2.05) is 12.1 Å². The normalized spacial score (nSPS) is 17.4. The van der Waals surface area contributed by atoms with Crippen LogP contribution in [0.15, 0.2) is 42.5 Å². The maximum atomic E-state index is 12.7. The van der Waals surface area contributed by atoms with Crippen LogP contribution in [-0.2, 0) is 9.47 Å². The van der Waals surface area contributed by atoms with Crippen molar-refractivity contribution in [2.24, 2.45) is 5.92 Å². The maximum absolute atomic E-state index is 12.7. The highest BCUT2D eigenvalue weighted by atomic mass is 16.7. The number of unbranched alkanes of at least 4 members (excludes halogenated alkanes) is 6.